The van der Waals surface area contributed by atoms with E-state index in [1.54, 1.807) is 14.2 Å². The van der Waals surface area contributed by atoms with Gasteiger partial charge in [-0.1, -0.05) is 13.0 Å². The number of thioether (sulfide) groups is 2. The molecule has 3 nitrogen and oxygen atoms in total. The van der Waals surface area contributed by atoms with Crippen molar-refractivity contribution in [1.29, 1.82) is 0 Å². The fourth-order valence-corrected chi connectivity index (χ4v) is 5.17. The lowest BCUT2D eigenvalue weighted by Gasteiger charge is -2.32. The molecule has 106 valence electrons. The molecule has 1 aliphatic heterocycles. The van der Waals surface area contributed by atoms with Gasteiger partial charge in [0, 0.05) is 28.0 Å². The van der Waals surface area contributed by atoms with Crippen molar-refractivity contribution in [1.82, 2.24) is 0 Å². The molecule has 3 unspecified atom stereocenters. The topological polar surface area (TPSA) is 44.5 Å². The Kier molecular flexibility index (Phi) is 5.30. The molecule has 2 N–H and O–H groups in total. The molecule has 19 heavy (non-hydrogen) atoms. The smallest absolute Gasteiger partial charge is 0.161 e. The summed E-state index contributed by atoms with van der Waals surface area (Å²) in [6.45, 7) is 2.27. The summed E-state index contributed by atoms with van der Waals surface area (Å²) in [5.41, 5.74) is 7.56. The van der Waals surface area contributed by atoms with Gasteiger partial charge in [-0.25, -0.2) is 0 Å². The van der Waals surface area contributed by atoms with E-state index in [0.29, 0.717) is 10.5 Å². The molecule has 1 aromatic carbocycles. The second-order valence-electron chi connectivity index (χ2n) is 4.55. The standard InChI is InChI=1S/C14H21NO2S2/c1-9-14(19-7-6-18-9)13(15)10-4-5-11(16-2)12(8-10)17-3/h4-5,8-9,13-14H,6-7,15H2,1-3H3. The lowest BCUT2D eigenvalue weighted by atomic mass is 10.0. The third kappa shape index (κ3) is 3.33. The maximum Gasteiger partial charge on any atom is 0.161 e. The van der Waals surface area contributed by atoms with Crippen LogP contribution in [0.25, 0.3) is 0 Å². The Morgan fingerprint density at radius 2 is 1.84 bits per heavy atom. The van der Waals surface area contributed by atoms with E-state index >= 15 is 0 Å². The minimum Gasteiger partial charge on any atom is -0.493 e. The molecule has 2 rings (SSSR count). The summed E-state index contributed by atoms with van der Waals surface area (Å²) in [6, 6.07) is 6.00. The maximum atomic E-state index is 6.44. The van der Waals surface area contributed by atoms with Gasteiger partial charge < -0.3 is 15.2 Å². The first kappa shape index (κ1) is 14.9. The minimum absolute atomic E-state index is 0.0348. The van der Waals surface area contributed by atoms with Gasteiger partial charge in [-0.2, -0.15) is 23.5 Å². The fraction of sp³-hybridized carbons (Fsp3) is 0.571. The molecule has 0 aromatic heterocycles. The summed E-state index contributed by atoms with van der Waals surface area (Å²) in [5.74, 6) is 3.90. The van der Waals surface area contributed by atoms with Crippen LogP contribution >= 0.6 is 23.5 Å². The van der Waals surface area contributed by atoms with Gasteiger partial charge in [-0.05, 0) is 17.7 Å². The second-order valence-corrected chi connectivity index (χ2v) is 7.32. The monoisotopic (exact) mass is 299 g/mol. The van der Waals surface area contributed by atoms with Gasteiger partial charge in [-0.3, -0.25) is 0 Å². The van der Waals surface area contributed by atoms with Crippen LogP contribution in [-0.2, 0) is 0 Å². The molecule has 1 fully saturated rings. The predicted octanol–water partition coefficient (Wildman–Crippen LogP) is 2.94. The van der Waals surface area contributed by atoms with Gasteiger partial charge in [-0.15, -0.1) is 0 Å². The van der Waals surface area contributed by atoms with Crippen molar-refractivity contribution < 1.29 is 9.47 Å². The van der Waals surface area contributed by atoms with E-state index in [-0.39, 0.29) is 6.04 Å². The highest BCUT2D eigenvalue weighted by Gasteiger charge is 2.29. The number of methoxy groups -OCH3 is 2. The first-order chi connectivity index (χ1) is 9.17. The number of rotatable bonds is 4. The highest BCUT2D eigenvalue weighted by atomic mass is 32.2. The van der Waals surface area contributed by atoms with Gasteiger partial charge >= 0.3 is 0 Å². The molecule has 0 amide bonds. The van der Waals surface area contributed by atoms with Gasteiger partial charge in [0.2, 0.25) is 0 Å². The van der Waals surface area contributed by atoms with Crippen LogP contribution in [0.1, 0.15) is 18.5 Å². The summed E-state index contributed by atoms with van der Waals surface area (Å²) >= 11 is 3.99. The molecular weight excluding hydrogens is 278 g/mol. The predicted molar refractivity (Wildman–Crippen MR) is 84.6 cm³/mol. The summed E-state index contributed by atoms with van der Waals surface area (Å²) in [6.07, 6.45) is 0. The highest BCUT2D eigenvalue weighted by Crippen LogP contribution is 2.39. The van der Waals surface area contributed by atoms with Crippen molar-refractivity contribution in [3.8, 4) is 11.5 Å². The molecular formula is C14H21NO2S2. The molecule has 1 saturated heterocycles. The van der Waals surface area contributed by atoms with E-state index in [4.69, 9.17) is 15.2 Å². The van der Waals surface area contributed by atoms with Crippen LogP contribution in [0.3, 0.4) is 0 Å². The summed E-state index contributed by atoms with van der Waals surface area (Å²) < 4.78 is 10.6. The third-order valence-electron chi connectivity index (χ3n) is 3.38. The Bertz CT molecular complexity index is 428. The van der Waals surface area contributed by atoms with Crippen molar-refractivity contribution in [2.24, 2.45) is 5.73 Å². The molecule has 1 aromatic rings. The Labute approximate surface area is 123 Å². The molecule has 3 atom stereocenters. The lowest BCUT2D eigenvalue weighted by molar-refractivity contribution is 0.354. The molecule has 0 bridgehead atoms. The summed E-state index contributed by atoms with van der Waals surface area (Å²) in [4.78, 5) is 0. The number of hydrogen-bond donors (Lipinski definition) is 1. The Morgan fingerprint density at radius 1 is 1.16 bits per heavy atom. The number of nitrogens with two attached hydrogens (primary N) is 1. The normalized spacial score (nSPS) is 24.8. The van der Waals surface area contributed by atoms with Crippen LogP contribution in [0, 0.1) is 0 Å². The average Bonchev–Trinajstić information content (AvgIpc) is 2.46. The zero-order chi connectivity index (χ0) is 13.8. The van der Waals surface area contributed by atoms with Gasteiger partial charge in [0.15, 0.2) is 11.5 Å². The highest BCUT2D eigenvalue weighted by molar-refractivity contribution is 8.07. The Morgan fingerprint density at radius 3 is 2.47 bits per heavy atom. The van der Waals surface area contributed by atoms with E-state index in [0.717, 1.165) is 17.1 Å². The van der Waals surface area contributed by atoms with Crippen molar-refractivity contribution in [3.05, 3.63) is 23.8 Å². The molecule has 0 spiro atoms. The van der Waals surface area contributed by atoms with Crippen LogP contribution in [-0.4, -0.2) is 36.2 Å². The SMILES string of the molecule is COc1ccc(C(N)C2SCCSC2C)cc1OC. The van der Waals surface area contributed by atoms with E-state index in [1.165, 1.54) is 11.5 Å². The second kappa shape index (κ2) is 6.77. The van der Waals surface area contributed by atoms with Crippen LogP contribution < -0.4 is 15.2 Å². The zero-order valence-electron chi connectivity index (χ0n) is 11.6. The van der Waals surface area contributed by atoms with Gasteiger partial charge in [0.1, 0.15) is 0 Å². The molecule has 0 saturated carbocycles. The van der Waals surface area contributed by atoms with Crippen LogP contribution in [0.15, 0.2) is 18.2 Å². The number of ether oxygens (including phenoxy) is 2. The molecule has 0 aliphatic carbocycles. The van der Waals surface area contributed by atoms with E-state index < -0.39 is 0 Å². The van der Waals surface area contributed by atoms with Crippen molar-refractivity contribution in [3.63, 3.8) is 0 Å². The Hall–Kier alpha value is -0.520. The fourth-order valence-electron chi connectivity index (χ4n) is 2.29. The first-order valence-electron chi connectivity index (χ1n) is 6.38. The Balaban J connectivity index is 2.20. The molecule has 5 heteroatoms. The molecule has 1 heterocycles. The molecule has 0 radical (unpaired) electrons. The van der Waals surface area contributed by atoms with Crippen LogP contribution in [0.5, 0.6) is 11.5 Å². The first-order valence-corrected chi connectivity index (χ1v) is 8.48. The number of hydrogen-bond acceptors (Lipinski definition) is 5. The van der Waals surface area contributed by atoms with Crippen LogP contribution in [0.2, 0.25) is 0 Å². The van der Waals surface area contributed by atoms with Crippen molar-refractivity contribution in [2.45, 2.75) is 23.5 Å². The van der Waals surface area contributed by atoms with Gasteiger partial charge in [0.25, 0.3) is 0 Å². The van der Waals surface area contributed by atoms with Crippen LogP contribution in [0.4, 0.5) is 0 Å². The third-order valence-corrected chi connectivity index (χ3v) is 6.60. The zero-order valence-corrected chi connectivity index (χ0v) is 13.2. The van der Waals surface area contributed by atoms with Crippen molar-refractivity contribution in [2.75, 3.05) is 25.7 Å². The van der Waals surface area contributed by atoms with Gasteiger partial charge in [0.05, 0.1) is 14.2 Å². The largest absolute Gasteiger partial charge is 0.493 e. The lowest BCUT2D eigenvalue weighted by Crippen LogP contribution is -2.34. The minimum atomic E-state index is 0.0348. The maximum absolute atomic E-state index is 6.44. The summed E-state index contributed by atoms with van der Waals surface area (Å²) in [5, 5.41) is 1.04. The quantitative estimate of drug-likeness (QED) is 0.926. The van der Waals surface area contributed by atoms with E-state index in [1.807, 2.05) is 41.7 Å². The summed E-state index contributed by atoms with van der Waals surface area (Å²) in [7, 11) is 3.30. The average molecular weight is 299 g/mol. The van der Waals surface area contributed by atoms with E-state index in [2.05, 4.69) is 6.92 Å². The number of benzene rings is 1. The van der Waals surface area contributed by atoms with E-state index in [9.17, 15) is 0 Å². The molecule has 1 aliphatic rings. The van der Waals surface area contributed by atoms with Crippen molar-refractivity contribution >= 4 is 23.5 Å².